The van der Waals surface area contributed by atoms with Gasteiger partial charge in [0.2, 0.25) is 0 Å². The van der Waals surface area contributed by atoms with E-state index in [0.717, 1.165) is 17.1 Å². The predicted molar refractivity (Wildman–Crippen MR) is 112 cm³/mol. The van der Waals surface area contributed by atoms with Crippen LogP contribution >= 0.6 is 0 Å². The molecule has 0 aliphatic carbocycles. The lowest BCUT2D eigenvalue weighted by molar-refractivity contribution is 0.307. The first-order chi connectivity index (χ1) is 13.0. The number of para-hydroxylation sites is 2. The van der Waals surface area contributed by atoms with Crippen molar-refractivity contribution in [1.29, 1.82) is 0 Å². The Hall–Kier alpha value is -3.07. The van der Waals surface area contributed by atoms with E-state index in [9.17, 15) is 0 Å². The van der Waals surface area contributed by atoms with Crippen LogP contribution in [0.2, 0.25) is 0 Å². The monoisotopic (exact) mass is 353 g/mol. The Morgan fingerprint density at radius 3 is 2.00 bits per heavy atom. The van der Waals surface area contributed by atoms with Crippen LogP contribution in [0.3, 0.4) is 0 Å². The van der Waals surface area contributed by atoms with Crippen LogP contribution < -0.4 is 9.91 Å². The summed E-state index contributed by atoms with van der Waals surface area (Å²) in [6.45, 7) is 6.95. The van der Waals surface area contributed by atoms with Gasteiger partial charge in [-0.25, -0.2) is 5.01 Å². The van der Waals surface area contributed by atoms with Gasteiger partial charge in [0.1, 0.15) is 5.66 Å². The lowest BCUT2D eigenvalue weighted by Crippen LogP contribution is -2.60. The molecule has 0 saturated carbocycles. The molecule has 3 aromatic carbocycles. The van der Waals surface area contributed by atoms with Gasteiger partial charge in [-0.3, -0.25) is 4.90 Å². The molecule has 0 N–H and O–H groups in total. The molecule has 5 rings (SSSR count). The number of hydrazone groups is 1. The van der Waals surface area contributed by atoms with E-state index in [0.29, 0.717) is 0 Å². The normalized spacial score (nSPS) is 22.4. The van der Waals surface area contributed by atoms with E-state index in [-0.39, 0.29) is 11.1 Å². The number of hydrogen-bond donors (Lipinski definition) is 0. The first-order valence-corrected chi connectivity index (χ1v) is 9.44. The van der Waals surface area contributed by atoms with Crippen molar-refractivity contribution in [2.24, 2.45) is 5.10 Å². The zero-order chi connectivity index (χ0) is 18.6. The van der Waals surface area contributed by atoms with Crippen LogP contribution in [-0.4, -0.2) is 11.5 Å². The van der Waals surface area contributed by atoms with Gasteiger partial charge in [-0.15, -0.1) is 0 Å². The van der Waals surface area contributed by atoms with Gasteiger partial charge in [0.05, 0.1) is 5.69 Å². The van der Waals surface area contributed by atoms with E-state index in [4.69, 9.17) is 5.10 Å². The summed E-state index contributed by atoms with van der Waals surface area (Å²) in [5.41, 5.74) is 4.40. The van der Waals surface area contributed by atoms with Gasteiger partial charge in [-0.05, 0) is 30.7 Å². The standard InChI is InChI=1S/C24H23N3/c1-23(2)20-16-10-11-17-21(20)26-22(18-12-6-4-7-13-18)25-27(24(23,26)3)19-14-8-5-9-15-19/h4-17H,1-3H3. The van der Waals surface area contributed by atoms with Gasteiger partial charge < -0.3 is 0 Å². The highest BCUT2D eigenvalue weighted by Gasteiger charge is 2.62. The van der Waals surface area contributed by atoms with Gasteiger partial charge in [0.25, 0.3) is 0 Å². The molecule has 0 amide bonds. The molecule has 134 valence electrons. The van der Waals surface area contributed by atoms with Crippen molar-refractivity contribution in [1.82, 2.24) is 0 Å². The molecule has 0 aromatic heterocycles. The van der Waals surface area contributed by atoms with E-state index in [1.54, 1.807) is 0 Å². The molecule has 2 heterocycles. The average Bonchev–Trinajstić information content (AvgIpc) is 3.12. The summed E-state index contributed by atoms with van der Waals surface area (Å²) in [6.07, 6.45) is 0. The summed E-state index contributed by atoms with van der Waals surface area (Å²) in [7, 11) is 0. The molecule has 3 nitrogen and oxygen atoms in total. The molecule has 2 aliphatic heterocycles. The number of fused-ring (bicyclic) bond motifs is 3. The van der Waals surface area contributed by atoms with E-state index in [1.165, 1.54) is 11.3 Å². The van der Waals surface area contributed by atoms with Crippen molar-refractivity contribution in [2.45, 2.75) is 31.8 Å². The van der Waals surface area contributed by atoms with Crippen molar-refractivity contribution in [3.05, 3.63) is 96.1 Å². The van der Waals surface area contributed by atoms with E-state index >= 15 is 0 Å². The van der Waals surface area contributed by atoms with E-state index in [2.05, 4.69) is 116 Å². The quantitative estimate of drug-likeness (QED) is 0.616. The average molecular weight is 353 g/mol. The summed E-state index contributed by atoms with van der Waals surface area (Å²) >= 11 is 0. The second-order valence-electron chi connectivity index (χ2n) is 7.94. The molecule has 0 saturated heterocycles. The van der Waals surface area contributed by atoms with Crippen molar-refractivity contribution in [2.75, 3.05) is 9.91 Å². The summed E-state index contributed by atoms with van der Waals surface area (Å²) in [5.74, 6) is 1.000. The van der Waals surface area contributed by atoms with Crippen LogP contribution in [-0.2, 0) is 5.41 Å². The Kier molecular flexibility index (Phi) is 3.26. The highest BCUT2D eigenvalue weighted by atomic mass is 15.7. The molecular weight excluding hydrogens is 330 g/mol. The van der Waals surface area contributed by atoms with Crippen LogP contribution in [0.5, 0.6) is 0 Å². The molecule has 0 fully saturated rings. The van der Waals surface area contributed by atoms with Gasteiger partial charge in [0.15, 0.2) is 5.84 Å². The minimum atomic E-state index is -0.330. The molecule has 0 radical (unpaired) electrons. The molecule has 0 bridgehead atoms. The minimum absolute atomic E-state index is 0.112. The van der Waals surface area contributed by atoms with Crippen molar-refractivity contribution >= 4 is 17.2 Å². The number of hydrogen-bond acceptors (Lipinski definition) is 3. The summed E-state index contributed by atoms with van der Waals surface area (Å²) in [6, 6.07) is 29.7. The number of anilines is 2. The summed E-state index contributed by atoms with van der Waals surface area (Å²) < 4.78 is 0. The molecular formula is C24H23N3. The van der Waals surface area contributed by atoms with Gasteiger partial charge in [-0.2, -0.15) is 5.10 Å². The van der Waals surface area contributed by atoms with Gasteiger partial charge >= 0.3 is 0 Å². The largest absolute Gasteiger partial charge is 0.298 e. The number of rotatable bonds is 2. The Bertz CT molecular complexity index is 1020. The molecule has 2 aliphatic rings. The third kappa shape index (κ3) is 2.00. The molecule has 0 spiro atoms. The fourth-order valence-electron chi connectivity index (χ4n) is 4.54. The number of amidine groups is 1. The highest BCUT2D eigenvalue weighted by Crippen LogP contribution is 2.56. The fourth-order valence-corrected chi connectivity index (χ4v) is 4.54. The molecule has 1 atom stereocenters. The van der Waals surface area contributed by atoms with Crippen LogP contribution in [0.1, 0.15) is 31.9 Å². The smallest absolute Gasteiger partial charge is 0.162 e. The second kappa shape index (κ2) is 5.46. The fraction of sp³-hybridized carbons (Fsp3) is 0.208. The number of nitrogens with zero attached hydrogens (tertiary/aromatic N) is 3. The SMILES string of the molecule is CC1(C)c2ccccc2N2C(c3ccccc3)=NN(c3ccccc3)C21C. The van der Waals surface area contributed by atoms with Crippen LogP contribution in [0.25, 0.3) is 0 Å². The Balaban J connectivity index is 1.79. The topological polar surface area (TPSA) is 18.8 Å². The third-order valence-corrected chi connectivity index (χ3v) is 6.29. The van der Waals surface area contributed by atoms with Crippen LogP contribution in [0.4, 0.5) is 11.4 Å². The van der Waals surface area contributed by atoms with Gasteiger partial charge in [-0.1, -0.05) is 80.6 Å². The Morgan fingerprint density at radius 2 is 1.30 bits per heavy atom. The molecule has 27 heavy (non-hydrogen) atoms. The van der Waals surface area contributed by atoms with Gasteiger partial charge in [0, 0.05) is 16.7 Å². The Morgan fingerprint density at radius 1 is 0.704 bits per heavy atom. The maximum atomic E-state index is 5.16. The molecule has 3 aromatic rings. The maximum absolute atomic E-state index is 5.16. The summed E-state index contributed by atoms with van der Waals surface area (Å²) in [4.78, 5) is 2.42. The van der Waals surface area contributed by atoms with Crippen LogP contribution in [0, 0.1) is 0 Å². The number of benzene rings is 3. The highest BCUT2D eigenvalue weighted by molar-refractivity contribution is 6.15. The summed E-state index contributed by atoms with van der Waals surface area (Å²) in [5, 5.41) is 7.36. The molecule has 3 heteroatoms. The Labute approximate surface area is 160 Å². The first-order valence-electron chi connectivity index (χ1n) is 9.44. The van der Waals surface area contributed by atoms with E-state index in [1.807, 2.05) is 0 Å². The van der Waals surface area contributed by atoms with Crippen molar-refractivity contribution in [3.8, 4) is 0 Å². The van der Waals surface area contributed by atoms with Crippen LogP contribution in [0.15, 0.2) is 90.0 Å². The zero-order valence-electron chi connectivity index (χ0n) is 15.9. The van der Waals surface area contributed by atoms with E-state index < -0.39 is 0 Å². The lowest BCUT2D eigenvalue weighted by Gasteiger charge is -2.45. The molecule has 1 unspecified atom stereocenters. The predicted octanol–water partition coefficient (Wildman–Crippen LogP) is 5.38. The third-order valence-electron chi connectivity index (χ3n) is 6.29. The first kappa shape index (κ1) is 16.1. The lowest BCUT2D eigenvalue weighted by atomic mass is 9.76. The van der Waals surface area contributed by atoms with Crippen molar-refractivity contribution in [3.63, 3.8) is 0 Å². The zero-order valence-corrected chi connectivity index (χ0v) is 15.9. The second-order valence-corrected chi connectivity index (χ2v) is 7.94. The van der Waals surface area contributed by atoms with Crippen molar-refractivity contribution < 1.29 is 0 Å². The maximum Gasteiger partial charge on any atom is 0.162 e. The minimum Gasteiger partial charge on any atom is -0.298 e.